The quantitative estimate of drug-likeness (QED) is 0.831. The van der Waals surface area contributed by atoms with Crippen LogP contribution in [0.4, 0.5) is 4.79 Å². The number of rotatable bonds is 4. The van der Waals surface area contributed by atoms with E-state index >= 15 is 0 Å². The van der Waals surface area contributed by atoms with Crippen LogP contribution in [0.1, 0.15) is 33.6 Å². The zero-order chi connectivity index (χ0) is 17.5. The minimum atomic E-state index is -0.475. The highest BCUT2D eigenvalue weighted by Gasteiger charge is 2.29. The summed E-state index contributed by atoms with van der Waals surface area (Å²) in [7, 11) is 0. The summed E-state index contributed by atoms with van der Waals surface area (Å²) in [6.45, 7) is 10.4. The fourth-order valence-corrected chi connectivity index (χ4v) is 3.02. The van der Waals surface area contributed by atoms with Gasteiger partial charge in [-0.05, 0) is 18.8 Å². The molecule has 0 aromatic rings. The van der Waals surface area contributed by atoms with Crippen LogP contribution >= 0.6 is 0 Å². The van der Waals surface area contributed by atoms with Crippen LogP contribution in [0, 0.1) is 5.92 Å². The smallest absolute Gasteiger partial charge is 0.318 e. The molecule has 0 saturated carbocycles. The van der Waals surface area contributed by atoms with Gasteiger partial charge >= 0.3 is 6.03 Å². The molecule has 7 heteroatoms. The first-order chi connectivity index (χ1) is 11.5. The van der Waals surface area contributed by atoms with E-state index < -0.39 is 6.04 Å². The lowest BCUT2D eigenvalue weighted by atomic mass is 10.1. The van der Waals surface area contributed by atoms with Crippen molar-refractivity contribution in [2.45, 2.75) is 45.8 Å². The first kappa shape index (κ1) is 19.0. The van der Waals surface area contributed by atoms with E-state index in [2.05, 4.69) is 19.2 Å². The van der Waals surface area contributed by atoms with Gasteiger partial charge in [0.2, 0.25) is 5.91 Å². The summed E-state index contributed by atoms with van der Waals surface area (Å²) in [5.74, 6) is 0.344. The molecular weight excluding hydrogens is 310 g/mol. The van der Waals surface area contributed by atoms with Crippen molar-refractivity contribution in [2.75, 3.05) is 46.0 Å². The lowest BCUT2D eigenvalue weighted by Gasteiger charge is -2.32. The first-order valence-corrected chi connectivity index (χ1v) is 9.06. The molecule has 7 nitrogen and oxygen atoms in total. The number of amides is 3. The van der Waals surface area contributed by atoms with Gasteiger partial charge in [0, 0.05) is 32.8 Å². The lowest BCUT2D eigenvalue weighted by Crippen LogP contribution is -2.54. The molecule has 2 aliphatic heterocycles. The lowest BCUT2D eigenvalue weighted by molar-refractivity contribution is -0.137. The molecule has 0 radical (unpaired) electrons. The number of hydrogen-bond donors (Lipinski definition) is 1. The summed E-state index contributed by atoms with van der Waals surface area (Å²) in [4.78, 5) is 28.8. The van der Waals surface area contributed by atoms with Gasteiger partial charge in [-0.3, -0.25) is 4.79 Å². The van der Waals surface area contributed by atoms with Gasteiger partial charge in [0.25, 0.3) is 0 Å². The normalized spacial score (nSPS) is 23.8. The molecule has 0 aromatic heterocycles. The molecule has 0 aromatic carbocycles. The Morgan fingerprint density at radius 3 is 2.46 bits per heavy atom. The van der Waals surface area contributed by atoms with E-state index in [1.54, 1.807) is 9.80 Å². The predicted octanol–water partition coefficient (Wildman–Crippen LogP) is 1.08. The Hall–Kier alpha value is -1.34. The third-order valence-corrected chi connectivity index (χ3v) is 4.66. The van der Waals surface area contributed by atoms with Gasteiger partial charge < -0.3 is 24.6 Å². The number of nitrogens with one attached hydrogen (secondary N) is 1. The molecule has 2 saturated heterocycles. The third-order valence-electron chi connectivity index (χ3n) is 4.66. The number of morpholine rings is 1. The second-order valence-electron chi connectivity index (χ2n) is 6.80. The maximum Gasteiger partial charge on any atom is 0.318 e. The Morgan fingerprint density at radius 1 is 1.12 bits per heavy atom. The Kier molecular flexibility index (Phi) is 7.30. The van der Waals surface area contributed by atoms with Gasteiger partial charge in [0.05, 0.1) is 19.3 Å². The molecule has 24 heavy (non-hydrogen) atoms. The van der Waals surface area contributed by atoms with Crippen molar-refractivity contribution in [3.8, 4) is 0 Å². The molecule has 2 fully saturated rings. The maximum absolute atomic E-state index is 12.6. The van der Waals surface area contributed by atoms with Crippen LogP contribution in [0.25, 0.3) is 0 Å². The van der Waals surface area contributed by atoms with Crippen molar-refractivity contribution in [3.05, 3.63) is 0 Å². The molecule has 138 valence electrons. The zero-order valence-electron chi connectivity index (χ0n) is 15.1. The summed E-state index contributed by atoms with van der Waals surface area (Å²) in [5.41, 5.74) is 0. The van der Waals surface area contributed by atoms with Crippen molar-refractivity contribution in [3.63, 3.8) is 0 Å². The Labute approximate surface area is 144 Å². The van der Waals surface area contributed by atoms with E-state index in [4.69, 9.17) is 9.47 Å². The van der Waals surface area contributed by atoms with Gasteiger partial charge in [-0.1, -0.05) is 20.8 Å². The van der Waals surface area contributed by atoms with Crippen molar-refractivity contribution >= 4 is 11.9 Å². The van der Waals surface area contributed by atoms with Crippen LogP contribution in [-0.4, -0.2) is 79.9 Å². The van der Waals surface area contributed by atoms with Crippen molar-refractivity contribution in [2.24, 2.45) is 5.92 Å². The molecule has 2 heterocycles. The fourth-order valence-electron chi connectivity index (χ4n) is 3.02. The predicted molar refractivity (Wildman–Crippen MR) is 90.8 cm³/mol. The van der Waals surface area contributed by atoms with Crippen LogP contribution in [0.15, 0.2) is 0 Å². The molecule has 0 bridgehead atoms. The molecule has 1 N–H and O–H groups in total. The molecule has 2 unspecified atom stereocenters. The number of nitrogens with zero attached hydrogens (tertiary/aromatic N) is 2. The highest BCUT2D eigenvalue weighted by atomic mass is 16.5. The van der Waals surface area contributed by atoms with E-state index in [1.165, 1.54) is 0 Å². The average Bonchev–Trinajstić information content (AvgIpc) is 2.86. The zero-order valence-corrected chi connectivity index (χ0v) is 15.1. The monoisotopic (exact) mass is 341 g/mol. The Balaban J connectivity index is 1.93. The topological polar surface area (TPSA) is 71.1 Å². The van der Waals surface area contributed by atoms with E-state index in [-0.39, 0.29) is 18.0 Å². The molecule has 2 rings (SSSR count). The van der Waals surface area contributed by atoms with E-state index in [0.29, 0.717) is 58.3 Å². The first-order valence-electron chi connectivity index (χ1n) is 9.06. The van der Waals surface area contributed by atoms with E-state index in [1.807, 2.05) is 6.92 Å². The third kappa shape index (κ3) is 5.08. The number of carbonyl (C=O) groups excluding carboxylic acids is 2. The Morgan fingerprint density at radius 2 is 1.83 bits per heavy atom. The van der Waals surface area contributed by atoms with Crippen LogP contribution < -0.4 is 5.32 Å². The van der Waals surface area contributed by atoms with Crippen molar-refractivity contribution in [1.82, 2.24) is 15.1 Å². The number of urea groups is 1. The summed E-state index contributed by atoms with van der Waals surface area (Å²) in [5, 5.41) is 2.92. The van der Waals surface area contributed by atoms with Crippen LogP contribution in [0.3, 0.4) is 0 Å². The standard InChI is InChI=1S/C17H31N3O4/c1-4-14(16(21)19-7-10-23-11-8-19)18-17(22)20-6-5-9-24-15(12-20)13(2)3/h13-15H,4-12H2,1-3H3,(H,18,22). The summed E-state index contributed by atoms with van der Waals surface area (Å²) in [6.07, 6.45) is 1.46. The van der Waals surface area contributed by atoms with Crippen LogP contribution in [0.2, 0.25) is 0 Å². The number of ether oxygens (including phenoxy) is 2. The molecule has 3 amide bonds. The number of hydrogen-bond acceptors (Lipinski definition) is 4. The summed E-state index contributed by atoms with van der Waals surface area (Å²) < 4.78 is 11.1. The van der Waals surface area contributed by atoms with Crippen molar-refractivity contribution < 1.29 is 19.1 Å². The van der Waals surface area contributed by atoms with Gasteiger partial charge in [-0.2, -0.15) is 0 Å². The maximum atomic E-state index is 12.6. The largest absolute Gasteiger partial charge is 0.378 e. The average molecular weight is 341 g/mol. The highest BCUT2D eigenvalue weighted by molar-refractivity contribution is 5.87. The highest BCUT2D eigenvalue weighted by Crippen LogP contribution is 2.14. The van der Waals surface area contributed by atoms with Gasteiger partial charge in [-0.15, -0.1) is 0 Å². The molecular formula is C17H31N3O4. The molecule has 0 spiro atoms. The second-order valence-corrected chi connectivity index (χ2v) is 6.80. The fraction of sp³-hybridized carbons (Fsp3) is 0.882. The number of carbonyl (C=O) groups is 2. The van der Waals surface area contributed by atoms with Crippen LogP contribution in [-0.2, 0) is 14.3 Å². The SMILES string of the molecule is CCC(NC(=O)N1CCCOC(C(C)C)C1)C(=O)N1CCOCC1. The minimum absolute atomic E-state index is 0.0133. The summed E-state index contributed by atoms with van der Waals surface area (Å²) >= 11 is 0. The second kappa shape index (κ2) is 9.22. The summed E-state index contributed by atoms with van der Waals surface area (Å²) in [6, 6.07) is -0.642. The van der Waals surface area contributed by atoms with Crippen LogP contribution in [0.5, 0.6) is 0 Å². The molecule has 0 aliphatic carbocycles. The Bertz CT molecular complexity index is 424. The van der Waals surface area contributed by atoms with Gasteiger partial charge in [0.1, 0.15) is 6.04 Å². The molecule has 2 aliphatic rings. The minimum Gasteiger partial charge on any atom is -0.378 e. The van der Waals surface area contributed by atoms with Crippen molar-refractivity contribution in [1.29, 1.82) is 0 Å². The van der Waals surface area contributed by atoms with Gasteiger partial charge in [-0.25, -0.2) is 4.79 Å². The van der Waals surface area contributed by atoms with Gasteiger partial charge in [0.15, 0.2) is 0 Å². The molecule has 2 atom stereocenters. The van der Waals surface area contributed by atoms with E-state index in [0.717, 1.165) is 6.42 Å². The van der Waals surface area contributed by atoms with E-state index in [9.17, 15) is 9.59 Å².